The molecule has 5 heteroatoms. The highest BCUT2D eigenvalue weighted by Gasteiger charge is 2.13. The van der Waals surface area contributed by atoms with Crippen molar-refractivity contribution in [3.05, 3.63) is 57.5 Å². The Hall–Kier alpha value is -1.26. The van der Waals surface area contributed by atoms with Crippen LogP contribution in [-0.4, -0.2) is 15.8 Å². The van der Waals surface area contributed by atoms with Crippen LogP contribution in [0.5, 0.6) is 0 Å². The van der Waals surface area contributed by atoms with E-state index < -0.39 is 0 Å². The van der Waals surface area contributed by atoms with Crippen LogP contribution < -0.4 is 0 Å². The predicted molar refractivity (Wildman–Crippen MR) is 64.6 cm³/mol. The maximum Gasteiger partial charge on any atom is 0.197 e. The van der Waals surface area contributed by atoms with Crippen LogP contribution in [0.2, 0.25) is 5.02 Å². The first-order chi connectivity index (χ1) is 7.68. The van der Waals surface area contributed by atoms with Gasteiger partial charge in [-0.25, -0.2) is 9.97 Å². The van der Waals surface area contributed by atoms with Gasteiger partial charge in [-0.2, -0.15) is 0 Å². The normalized spacial score (nSPS) is 10.1. The van der Waals surface area contributed by atoms with E-state index in [4.69, 9.17) is 11.6 Å². The predicted octanol–water partition coefficient (Wildman–Crippen LogP) is 3.12. The second-order valence-electron chi connectivity index (χ2n) is 3.08. The summed E-state index contributed by atoms with van der Waals surface area (Å²) in [5.74, 6) is -0.182. The number of benzene rings is 1. The van der Waals surface area contributed by atoms with Gasteiger partial charge in [-0.15, -0.1) is 0 Å². The SMILES string of the molecule is O=C(c1cncnc1)c1ccc(Br)cc1Cl. The molecule has 0 N–H and O–H groups in total. The molecule has 0 aliphatic rings. The van der Waals surface area contributed by atoms with Crippen molar-refractivity contribution in [2.24, 2.45) is 0 Å². The minimum atomic E-state index is -0.182. The van der Waals surface area contributed by atoms with Crippen molar-refractivity contribution in [3.63, 3.8) is 0 Å². The Kier molecular flexibility index (Phi) is 3.31. The zero-order chi connectivity index (χ0) is 11.5. The molecular weight excluding hydrogens is 291 g/mol. The van der Waals surface area contributed by atoms with E-state index in [0.717, 1.165) is 4.47 Å². The van der Waals surface area contributed by atoms with E-state index in [1.807, 2.05) is 0 Å². The molecule has 0 saturated carbocycles. The Morgan fingerprint density at radius 1 is 1.25 bits per heavy atom. The number of hydrogen-bond acceptors (Lipinski definition) is 3. The zero-order valence-corrected chi connectivity index (χ0v) is 10.4. The molecule has 2 rings (SSSR count). The van der Waals surface area contributed by atoms with Crippen LogP contribution in [0, 0.1) is 0 Å². The Balaban J connectivity index is 2.42. The lowest BCUT2D eigenvalue weighted by Gasteiger charge is -2.03. The van der Waals surface area contributed by atoms with Gasteiger partial charge in [-0.05, 0) is 18.2 Å². The summed E-state index contributed by atoms with van der Waals surface area (Å²) in [7, 11) is 0. The molecule has 0 fully saturated rings. The number of carbonyl (C=O) groups excluding carboxylic acids is 1. The van der Waals surface area contributed by atoms with E-state index in [2.05, 4.69) is 25.9 Å². The van der Waals surface area contributed by atoms with Gasteiger partial charge < -0.3 is 0 Å². The smallest absolute Gasteiger partial charge is 0.197 e. The number of aromatic nitrogens is 2. The van der Waals surface area contributed by atoms with Crippen LogP contribution in [0.25, 0.3) is 0 Å². The van der Waals surface area contributed by atoms with E-state index in [9.17, 15) is 4.79 Å². The van der Waals surface area contributed by atoms with Gasteiger partial charge in [-0.3, -0.25) is 4.79 Å². The molecule has 0 saturated heterocycles. The summed E-state index contributed by atoms with van der Waals surface area (Å²) in [4.78, 5) is 19.6. The number of ketones is 1. The highest BCUT2D eigenvalue weighted by atomic mass is 79.9. The summed E-state index contributed by atoms with van der Waals surface area (Å²) < 4.78 is 0.832. The van der Waals surface area contributed by atoms with E-state index >= 15 is 0 Å². The summed E-state index contributed by atoms with van der Waals surface area (Å²) in [5, 5.41) is 0.406. The second kappa shape index (κ2) is 4.72. The molecule has 2 aromatic rings. The zero-order valence-electron chi connectivity index (χ0n) is 8.02. The van der Waals surface area contributed by atoms with Crippen molar-refractivity contribution < 1.29 is 4.79 Å². The minimum absolute atomic E-state index is 0.182. The Morgan fingerprint density at radius 3 is 2.56 bits per heavy atom. The Bertz CT molecular complexity index is 531. The summed E-state index contributed by atoms with van der Waals surface area (Å²) in [5.41, 5.74) is 0.867. The quantitative estimate of drug-likeness (QED) is 0.800. The number of rotatable bonds is 2. The second-order valence-corrected chi connectivity index (χ2v) is 4.40. The van der Waals surface area contributed by atoms with Crippen LogP contribution in [-0.2, 0) is 0 Å². The molecule has 0 unspecified atom stereocenters. The van der Waals surface area contributed by atoms with Gasteiger partial charge in [0.1, 0.15) is 6.33 Å². The van der Waals surface area contributed by atoms with Crippen molar-refractivity contribution in [1.82, 2.24) is 9.97 Å². The molecule has 0 spiro atoms. The summed E-state index contributed by atoms with van der Waals surface area (Å²) >= 11 is 9.26. The standard InChI is InChI=1S/C11H6BrClN2O/c12-8-1-2-9(10(13)3-8)11(16)7-4-14-6-15-5-7/h1-6H. The summed E-state index contributed by atoms with van der Waals surface area (Å²) in [6, 6.07) is 5.11. The fraction of sp³-hybridized carbons (Fsp3) is 0. The maximum atomic E-state index is 12.0. The van der Waals surface area contributed by atoms with E-state index in [-0.39, 0.29) is 5.78 Å². The van der Waals surface area contributed by atoms with E-state index in [0.29, 0.717) is 16.1 Å². The lowest BCUT2D eigenvalue weighted by molar-refractivity contribution is 0.103. The highest BCUT2D eigenvalue weighted by Crippen LogP contribution is 2.23. The van der Waals surface area contributed by atoms with Crippen molar-refractivity contribution >= 4 is 33.3 Å². The lowest BCUT2D eigenvalue weighted by atomic mass is 10.1. The molecule has 0 amide bonds. The van der Waals surface area contributed by atoms with Crippen molar-refractivity contribution in [3.8, 4) is 0 Å². The van der Waals surface area contributed by atoms with Gasteiger partial charge in [0.15, 0.2) is 5.78 Å². The van der Waals surface area contributed by atoms with Gasteiger partial charge in [0.25, 0.3) is 0 Å². The Labute approximate surface area is 106 Å². The molecule has 1 aromatic carbocycles. The third kappa shape index (κ3) is 2.28. The molecule has 0 atom stereocenters. The van der Waals surface area contributed by atoms with Crippen molar-refractivity contribution in [2.75, 3.05) is 0 Å². The molecule has 0 aliphatic heterocycles. The largest absolute Gasteiger partial charge is 0.288 e. The van der Waals surface area contributed by atoms with Gasteiger partial charge in [0, 0.05) is 22.4 Å². The molecule has 80 valence electrons. The van der Waals surface area contributed by atoms with Crippen LogP contribution in [0.1, 0.15) is 15.9 Å². The third-order valence-corrected chi connectivity index (χ3v) is 2.80. The van der Waals surface area contributed by atoms with Crippen molar-refractivity contribution in [2.45, 2.75) is 0 Å². The maximum absolute atomic E-state index is 12.0. The first kappa shape index (κ1) is 11.2. The lowest BCUT2D eigenvalue weighted by Crippen LogP contribution is -2.03. The number of hydrogen-bond donors (Lipinski definition) is 0. The molecule has 0 radical (unpaired) electrons. The number of carbonyl (C=O) groups is 1. The van der Waals surface area contributed by atoms with Crippen LogP contribution in [0.4, 0.5) is 0 Å². The van der Waals surface area contributed by atoms with E-state index in [1.54, 1.807) is 18.2 Å². The third-order valence-electron chi connectivity index (χ3n) is 2.00. The molecule has 0 bridgehead atoms. The summed E-state index contributed by atoms with van der Waals surface area (Å²) in [6.07, 6.45) is 4.31. The monoisotopic (exact) mass is 296 g/mol. The molecular formula is C11H6BrClN2O. The molecule has 1 heterocycles. The van der Waals surface area contributed by atoms with E-state index in [1.165, 1.54) is 18.7 Å². The summed E-state index contributed by atoms with van der Waals surface area (Å²) in [6.45, 7) is 0. The van der Waals surface area contributed by atoms with Gasteiger partial charge in [-0.1, -0.05) is 27.5 Å². The highest BCUT2D eigenvalue weighted by molar-refractivity contribution is 9.10. The van der Waals surface area contributed by atoms with Crippen LogP contribution in [0.15, 0.2) is 41.4 Å². The van der Waals surface area contributed by atoms with Gasteiger partial charge in [0.05, 0.1) is 10.6 Å². The fourth-order valence-corrected chi connectivity index (χ4v) is 2.00. The van der Waals surface area contributed by atoms with Crippen LogP contribution >= 0.6 is 27.5 Å². The van der Waals surface area contributed by atoms with Crippen LogP contribution in [0.3, 0.4) is 0 Å². The fourth-order valence-electron chi connectivity index (χ4n) is 1.25. The molecule has 0 aliphatic carbocycles. The number of nitrogens with zero attached hydrogens (tertiary/aromatic N) is 2. The van der Waals surface area contributed by atoms with Gasteiger partial charge >= 0.3 is 0 Å². The van der Waals surface area contributed by atoms with Gasteiger partial charge in [0.2, 0.25) is 0 Å². The molecule has 3 nitrogen and oxygen atoms in total. The average molecular weight is 298 g/mol. The molecule has 16 heavy (non-hydrogen) atoms. The van der Waals surface area contributed by atoms with Crippen molar-refractivity contribution in [1.29, 1.82) is 0 Å². The topological polar surface area (TPSA) is 42.9 Å². The average Bonchev–Trinajstić information content (AvgIpc) is 2.29. The molecule has 1 aromatic heterocycles. The number of halogens is 2. The Morgan fingerprint density at radius 2 is 1.94 bits per heavy atom. The first-order valence-corrected chi connectivity index (χ1v) is 5.60. The first-order valence-electron chi connectivity index (χ1n) is 4.43. The minimum Gasteiger partial charge on any atom is -0.288 e.